The van der Waals surface area contributed by atoms with Crippen molar-refractivity contribution in [1.29, 1.82) is 0 Å². The van der Waals surface area contributed by atoms with Crippen molar-refractivity contribution in [2.24, 2.45) is 0 Å². The summed E-state index contributed by atoms with van der Waals surface area (Å²) >= 11 is 0. The molecule has 0 spiro atoms. The Balaban J connectivity index is 1.45. The summed E-state index contributed by atoms with van der Waals surface area (Å²) in [6, 6.07) is 13.8. The van der Waals surface area contributed by atoms with E-state index in [0.717, 1.165) is 22.5 Å². The fourth-order valence-electron chi connectivity index (χ4n) is 3.94. The predicted molar refractivity (Wildman–Crippen MR) is 121 cm³/mol. The van der Waals surface area contributed by atoms with E-state index >= 15 is 0 Å². The predicted octanol–water partition coefficient (Wildman–Crippen LogP) is 4.90. The highest BCUT2D eigenvalue weighted by atomic mass is 19.4. The number of benzene rings is 2. The molecule has 2 aromatic rings. The summed E-state index contributed by atoms with van der Waals surface area (Å²) in [7, 11) is 1.94. The first-order valence-electron chi connectivity index (χ1n) is 10.7. The van der Waals surface area contributed by atoms with Crippen LogP contribution in [0.5, 0.6) is 5.75 Å². The van der Waals surface area contributed by atoms with Crippen LogP contribution in [0.15, 0.2) is 78.0 Å². The largest absolute Gasteiger partial charge is 0.491 e. The van der Waals surface area contributed by atoms with Gasteiger partial charge >= 0.3 is 24.1 Å². The molecule has 0 bridgehead atoms. The molecule has 0 amide bonds. The summed E-state index contributed by atoms with van der Waals surface area (Å²) < 4.78 is 45.9. The number of allylic oxidation sites excluding steroid dienone is 4. The number of rotatable bonds is 5. The maximum Gasteiger partial charge on any atom is 0.491 e. The molecule has 0 radical (unpaired) electrons. The monoisotopic (exact) mass is 483 g/mol. The quantitative estimate of drug-likeness (QED) is 0.342. The lowest BCUT2D eigenvalue weighted by Gasteiger charge is -2.34. The van der Waals surface area contributed by atoms with Gasteiger partial charge < -0.3 is 14.4 Å². The van der Waals surface area contributed by atoms with Crippen molar-refractivity contribution >= 4 is 29.2 Å². The van der Waals surface area contributed by atoms with Gasteiger partial charge in [0.05, 0.1) is 12.0 Å². The van der Waals surface area contributed by atoms with Crippen LogP contribution in [0.4, 0.5) is 18.9 Å². The van der Waals surface area contributed by atoms with Crippen molar-refractivity contribution in [1.82, 2.24) is 0 Å². The summed E-state index contributed by atoms with van der Waals surface area (Å²) in [5.74, 6) is -4.05. The Kier molecular flexibility index (Phi) is 6.59. The zero-order valence-electron chi connectivity index (χ0n) is 18.6. The maximum atomic E-state index is 13.2. The van der Waals surface area contributed by atoms with Crippen LogP contribution >= 0.6 is 0 Å². The van der Waals surface area contributed by atoms with Crippen LogP contribution in [0.2, 0.25) is 0 Å². The fraction of sp³-hybridized carbons (Fsp3) is 0.192. The van der Waals surface area contributed by atoms with Crippen LogP contribution in [0.3, 0.4) is 0 Å². The topological polar surface area (TPSA) is 72.9 Å². The van der Waals surface area contributed by atoms with Crippen LogP contribution in [-0.4, -0.2) is 31.1 Å². The average Bonchev–Trinajstić information content (AvgIpc) is 2.83. The van der Waals surface area contributed by atoms with E-state index in [0.29, 0.717) is 17.6 Å². The molecular weight excluding hydrogens is 463 g/mol. The molecule has 4 rings (SSSR count). The van der Waals surface area contributed by atoms with E-state index in [1.54, 1.807) is 12.1 Å². The van der Waals surface area contributed by atoms with Crippen molar-refractivity contribution < 1.29 is 37.0 Å². The van der Waals surface area contributed by atoms with Gasteiger partial charge in [-0.15, -0.1) is 0 Å². The lowest BCUT2D eigenvalue weighted by atomic mass is 9.87. The molecule has 0 saturated heterocycles. The van der Waals surface area contributed by atoms with Gasteiger partial charge in [-0.2, -0.15) is 13.2 Å². The third-order valence-corrected chi connectivity index (χ3v) is 5.61. The summed E-state index contributed by atoms with van der Waals surface area (Å²) in [4.78, 5) is 37.5. The van der Waals surface area contributed by atoms with E-state index in [1.807, 2.05) is 54.4 Å². The van der Waals surface area contributed by atoms with Gasteiger partial charge in [-0.05, 0) is 48.3 Å². The van der Waals surface area contributed by atoms with E-state index in [2.05, 4.69) is 4.74 Å². The lowest BCUT2D eigenvalue weighted by Crippen LogP contribution is -2.28. The van der Waals surface area contributed by atoms with Crippen molar-refractivity contribution in [3.8, 4) is 5.75 Å². The second kappa shape index (κ2) is 9.61. The molecule has 0 atom stereocenters. The van der Waals surface area contributed by atoms with Crippen molar-refractivity contribution in [3.05, 3.63) is 89.2 Å². The fourth-order valence-corrected chi connectivity index (χ4v) is 3.94. The number of hydrogen-bond acceptors (Lipinski definition) is 6. The maximum absolute atomic E-state index is 13.2. The molecule has 0 N–H and O–H groups in total. The van der Waals surface area contributed by atoms with Gasteiger partial charge in [0, 0.05) is 24.0 Å². The molecule has 0 fully saturated rings. The molecule has 0 saturated carbocycles. The van der Waals surface area contributed by atoms with Crippen molar-refractivity contribution in [2.75, 3.05) is 11.9 Å². The first-order valence-corrected chi connectivity index (χ1v) is 10.7. The van der Waals surface area contributed by atoms with Gasteiger partial charge in [-0.25, -0.2) is 9.59 Å². The number of likely N-dealkylation sites (N-methyl/N-ethyl adjacent to an activating group) is 1. The van der Waals surface area contributed by atoms with Gasteiger partial charge in [0.1, 0.15) is 5.75 Å². The van der Waals surface area contributed by atoms with E-state index < -0.39 is 30.5 Å². The molecule has 6 nitrogen and oxygen atoms in total. The van der Waals surface area contributed by atoms with Gasteiger partial charge in [-0.3, -0.25) is 4.79 Å². The Labute approximate surface area is 198 Å². The Hall–Kier alpha value is -4.14. The minimum atomic E-state index is -5.23. The summed E-state index contributed by atoms with van der Waals surface area (Å²) in [6.07, 6.45) is 0.856. The highest BCUT2D eigenvalue weighted by molar-refractivity contribution is 6.22. The number of carbonyl (C=O) groups is 3. The zero-order chi connectivity index (χ0) is 25.2. The van der Waals surface area contributed by atoms with Crippen LogP contribution < -0.4 is 9.64 Å². The minimum Gasteiger partial charge on any atom is -0.423 e. The van der Waals surface area contributed by atoms with Crippen LogP contribution in [0.25, 0.3) is 5.57 Å². The SMILES string of the molecule is CN1C2=CC=CCC2=C(C(=O)Oc2ccc(CCC(=O)OC(=O)C(F)(F)F)cc2)c2ccccc21. The average molecular weight is 483 g/mol. The highest BCUT2D eigenvalue weighted by Gasteiger charge is 2.42. The van der Waals surface area contributed by atoms with E-state index in [9.17, 15) is 27.6 Å². The molecule has 1 aliphatic heterocycles. The van der Waals surface area contributed by atoms with Crippen molar-refractivity contribution in [2.45, 2.75) is 25.4 Å². The number of carbonyl (C=O) groups excluding carboxylic acids is 3. The number of esters is 3. The molecule has 2 aromatic carbocycles. The lowest BCUT2D eigenvalue weighted by molar-refractivity contribution is -0.201. The molecular formula is C26H20F3NO5. The van der Waals surface area contributed by atoms with E-state index in [1.165, 1.54) is 12.1 Å². The molecule has 180 valence electrons. The first-order chi connectivity index (χ1) is 16.6. The Morgan fingerprint density at radius 3 is 2.46 bits per heavy atom. The van der Waals surface area contributed by atoms with Gasteiger partial charge in [0.15, 0.2) is 0 Å². The van der Waals surface area contributed by atoms with E-state index in [-0.39, 0.29) is 12.2 Å². The number of aryl methyl sites for hydroxylation is 1. The van der Waals surface area contributed by atoms with Gasteiger partial charge in [-0.1, -0.05) is 42.5 Å². The number of ether oxygens (including phenoxy) is 2. The first kappa shape index (κ1) is 24.0. The second-order valence-electron chi connectivity index (χ2n) is 7.91. The normalized spacial score (nSPS) is 14.6. The smallest absolute Gasteiger partial charge is 0.423 e. The third-order valence-electron chi connectivity index (χ3n) is 5.61. The van der Waals surface area contributed by atoms with Crippen LogP contribution in [0.1, 0.15) is 24.0 Å². The Morgan fingerprint density at radius 2 is 1.74 bits per heavy atom. The minimum absolute atomic E-state index is 0.0493. The van der Waals surface area contributed by atoms with Crippen LogP contribution in [-0.2, 0) is 25.5 Å². The number of para-hydroxylation sites is 1. The molecule has 1 aliphatic carbocycles. The Bertz CT molecular complexity index is 1270. The third kappa shape index (κ3) is 5.18. The summed E-state index contributed by atoms with van der Waals surface area (Å²) in [6.45, 7) is 0. The number of halogens is 3. The molecule has 2 aliphatic rings. The zero-order valence-corrected chi connectivity index (χ0v) is 18.6. The number of anilines is 1. The number of hydrogen-bond donors (Lipinski definition) is 0. The highest BCUT2D eigenvalue weighted by Crippen LogP contribution is 2.42. The molecule has 1 heterocycles. The van der Waals surface area contributed by atoms with Crippen LogP contribution in [0, 0.1) is 0 Å². The van der Waals surface area contributed by atoms with Gasteiger partial charge in [0.2, 0.25) is 0 Å². The number of nitrogens with zero attached hydrogens (tertiary/aromatic N) is 1. The summed E-state index contributed by atoms with van der Waals surface area (Å²) in [5.41, 5.74) is 4.51. The van der Waals surface area contributed by atoms with Gasteiger partial charge in [0.25, 0.3) is 0 Å². The summed E-state index contributed by atoms with van der Waals surface area (Å²) in [5, 5.41) is 0. The van der Waals surface area contributed by atoms with E-state index in [4.69, 9.17) is 4.74 Å². The second-order valence-corrected chi connectivity index (χ2v) is 7.91. The molecule has 9 heteroatoms. The van der Waals surface area contributed by atoms with Crippen molar-refractivity contribution in [3.63, 3.8) is 0 Å². The molecule has 35 heavy (non-hydrogen) atoms. The standard InChI is InChI=1S/C26H20F3NO5/c1-30-20-8-4-2-6-18(20)23(19-7-3-5-9-21(19)30)24(32)34-17-13-10-16(11-14-17)12-15-22(31)35-25(33)26(27,28)29/h2-6,8-11,13-14H,7,12,15H2,1H3. The Morgan fingerprint density at radius 1 is 1.03 bits per heavy atom. The number of fused-ring (bicyclic) bond motifs is 2. The number of alkyl halides is 3. The molecule has 0 unspecified atom stereocenters. The molecule has 0 aromatic heterocycles.